The van der Waals surface area contributed by atoms with Gasteiger partial charge in [-0.25, -0.2) is 12.8 Å². The number of carbonyl (C=O) groups is 1. The monoisotopic (exact) mass is 364 g/mol. The van der Waals surface area contributed by atoms with E-state index in [2.05, 4.69) is 17.1 Å². The normalized spacial score (nSPS) is 18.5. The van der Waals surface area contributed by atoms with E-state index < -0.39 is 20.5 Å². The molecular weight excluding hydrogens is 343 g/mol. The van der Waals surface area contributed by atoms with Crippen molar-refractivity contribution >= 4 is 28.2 Å². The molecule has 1 amide bonds. The van der Waals surface area contributed by atoms with Crippen LogP contribution in [0.15, 0.2) is 23.1 Å². The molecule has 23 heavy (non-hydrogen) atoms. The molecule has 1 aliphatic heterocycles. The van der Waals surface area contributed by atoms with Gasteiger partial charge in [-0.05, 0) is 44.1 Å². The number of hydrogen-bond acceptors (Lipinski definition) is 4. The van der Waals surface area contributed by atoms with Crippen molar-refractivity contribution in [2.24, 2.45) is 0 Å². The number of rotatable bonds is 5. The van der Waals surface area contributed by atoms with Crippen LogP contribution < -0.4 is 5.32 Å². The number of likely N-dealkylation sites (tertiary alicyclic amines) is 1. The molecule has 0 radical (unpaired) electrons. The maximum atomic E-state index is 13.5. The molecule has 0 spiro atoms. The second-order valence-electron chi connectivity index (χ2n) is 5.55. The number of nitrogens with one attached hydrogen (secondary N) is 1. The molecule has 0 aromatic heterocycles. The number of carbonyl (C=O) groups excluding carboxylic acids is 1. The smallest absolute Gasteiger partial charge is 0.251 e. The first kappa shape index (κ1) is 19.9. The van der Waals surface area contributed by atoms with E-state index in [1.54, 1.807) is 0 Å². The van der Waals surface area contributed by atoms with E-state index in [0.29, 0.717) is 12.6 Å². The van der Waals surface area contributed by atoms with Crippen LogP contribution in [-0.4, -0.2) is 51.2 Å². The second-order valence-corrected chi connectivity index (χ2v) is 7.54. The van der Waals surface area contributed by atoms with E-state index in [4.69, 9.17) is 0 Å². The van der Waals surface area contributed by atoms with Gasteiger partial charge in [0.25, 0.3) is 5.91 Å². The lowest BCUT2D eigenvalue weighted by Crippen LogP contribution is -2.40. The maximum absolute atomic E-state index is 13.5. The Balaban J connectivity index is 0.00000264. The zero-order valence-electron chi connectivity index (χ0n) is 13.2. The first-order valence-electron chi connectivity index (χ1n) is 7.34. The van der Waals surface area contributed by atoms with Crippen molar-refractivity contribution in [2.75, 3.05) is 25.9 Å². The Morgan fingerprint density at radius 2 is 2.13 bits per heavy atom. The molecule has 1 heterocycles. The van der Waals surface area contributed by atoms with Gasteiger partial charge in [0.05, 0.1) is 0 Å². The Hall–Kier alpha value is -1.18. The van der Waals surface area contributed by atoms with E-state index in [9.17, 15) is 17.6 Å². The first-order chi connectivity index (χ1) is 10.3. The minimum atomic E-state index is -3.70. The molecule has 0 saturated carbocycles. The average molecular weight is 365 g/mol. The molecule has 1 atom stereocenters. The highest BCUT2D eigenvalue weighted by Gasteiger charge is 2.23. The number of halogens is 2. The minimum Gasteiger partial charge on any atom is -0.350 e. The molecule has 8 heteroatoms. The zero-order valence-corrected chi connectivity index (χ0v) is 14.8. The largest absolute Gasteiger partial charge is 0.350 e. The Bertz CT molecular complexity index is 667. The van der Waals surface area contributed by atoms with Crippen molar-refractivity contribution in [3.05, 3.63) is 29.6 Å². The zero-order chi connectivity index (χ0) is 16.3. The van der Waals surface area contributed by atoms with Gasteiger partial charge < -0.3 is 5.32 Å². The summed E-state index contributed by atoms with van der Waals surface area (Å²) < 4.78 is 36.5. The Morgan fingerprint density at radius 3 is 2.74 bits per heavy atom. The van der Waals surface area contributed by atoms with Crippen LogP contribution in [0.2, 0.25) is 0 Å². The van der Waals surface area contributed by atoms with Crippen LogP contribution in [0, 0.1) is 5.82 Å². The summed E-state index contributed by atoms with van der Waals surface area (Å²) in [6.07, 6.45) is 3.07. The predicted octanol–water partition coefficient (Wildman–Crippen LogP) is 1.87. The van der Waals surface area contributed by atoms with Crippen LogP contribution in [0.3, 0.4) is 0 Å². The Morgan fingerprint density at radius 1 is 1.43 bits per heavy atom. The van der Waals surface area contributed by atoms with Crippen LogP contribution in [0.25, 0.3) is 0 Å². The predicted molar refractivity (Wildman–Crippen MR) is 89.4 cm³/mol. The molecule has 1 fully saturated rings. The van der Waals surface area contributed by atoms with Crippen molar-refractivity contribution in [1.29, 1.82) is 0 Å². The lowest BCUT2D eigenvalue weighted by Gasteiger charge is -2.22. The maximum Gasteiger partial charge on any atom is 0.251 e. The Kier molecular flexibility index (Phi) is 6.98. The number of nitrogens with zero attached hydrogens (tertiary/aromatic N) is 1. The highest BCUT2D eigenvalue weighted by atomic mass is 35.5. The third kappa shape index (κ3) is 4.89. The number of sulfone groups is 1. The lowest BCUT2D eigenvalue weighted by atomic mass is 10.2. The number of likely N-dealkylation sites (N-methyl/N-ethyl adjacent to an activating group) is 1. The van der Waals surface area contributed by atoms with Crippen LogP contribution in [0.5, 0.6) is 0 Å². The van der Waals surface area contributed by atoms with E-state index in [0.717, 1.165) is 44.3 Å². The summed E-state index contributed by atoms with van der Waals surface area (Å²) in [5, 5.41) is 2.81. The summed E-state index contributed by atoms with van der Waals surface area (Å²) in [7, 11) is -3.70. The van der Waals surface area contributed by atoms with Gasteiger partial charge in [-0.1, -0.05) is 6.92 Å². The SMILES string of the molecule is CCN1CCCC1CNC(=O)c1ccc(F)c(S(C)(=O)=O)c1.Cl. The summed E-state index contributed by atoms with van der Waals surface area (Å²) in [6, 6.07) is 3.71. The standard InChI is InChI=1S/C15H21FN2O3S.ClH/c1-3-18-8-4-5-12(18)10-17-15(19)11-6-7-13(16)14(9-11)22(2,20)21;/h6-7,9,12H,3-5,8,10H2,1-2H3,(H,17,19);1H. The minimum absolute atomic E-state index is 0. The average Bonchev–Trinajstić information content (AvgIpc) is 2.91. The van der Waals surface area contributed by atoms with Crippen molar-refractivity contribution < 1.29 is 17.6 Å². The molecule has 0 aliphatic carbocycles. The van der Waals surface area contributed by atoms with Gasteiger partial charge >= 0.3 is 0 Å². The molecule has 2 rings (SSSR count). The second kappa shape index (κ2) is 8.08. The molecule has 1 aromatic carbocycles. The molecule has 1 N–H and O–H groups in total. The highest BCUT2D eigenvalue weighted by molar-refractivity contribution is 7.90. The number of amides is 1. The number of hydrogen-bond donors (Lipinski definition) is 1. The van der Waals surface area contributed by atoms with Gasteiger partial charge in [-0.3, -0.25) is 9.69 Å². The quantitative estimate of drug-likeness (QED) is 0.866. The summed E-state index contributed by atoms with van der Waals surface area (Å²) in [4.78, 5) is 14.0. The molecule has 1 aliphatic rings. The van der Waals surface area contributed by atoms with Crippen LogP contribution in [0.1, 0.15) is 30.1 Å². The molecule has 1 saturated heterocycles. The summed E-state index contributed by atoms with van der Waals surface area (Å²) >= 11 is 0. The fraction of sp³-hybridized carbons (Fsp3) is 0.533. The highest BCUT2D eigenvalue weighted by Crippen LogP contribution is 2.18. The molecule has 130 valence electrons. The first-order valence-corrected chi connectivity index (χ1v) is 9.24. The lowest BCUT2D eigenvalue weighted by molar-refractivity contribution is 0.0941. The fourth-order valence-corrected chi connectivity index (χ4v) is 3.55. The summed E-state index contributed by atoms with van der Waals surface area (Å²) in [5.41, 5.74) is 0.155. The number of benzene rings is 1. The van der Waals surface area contributed by atoms with E-state index in [1.807, 2.05) is 0 Å². The van der Waals surface area contributed by atoms with Gasteiger partial charge in [0.1, 0.15) is 10.7 Å². The molecule has 0 bridgehead atoms. The molecule has 5 nitrogen and oxygen atoms in total. The van der Waals surface area contributed by atoms with E-state index >= 15 is 0 Å². The van der Waals surface area contributed by atoms with Gasteiger partial charge in [-0.2, -0.15) is 0 Å². The van der Waals surface area contributed by atoms with Crippen LogP contribution in [-0.2, 0) is 9.84 Å². The van der Waals surface area contributed by atoms with Crippen LogP contribution in [0.4, 0.5) is 4.39 Å². The van der Waals surface area contributed by atoms with Gasteiger partial charge in [0, 0.05) is 24.4 Å². The third-order valence-electron chi connectivity index (χ3n) is 4.00. The van der Waals surface area contributed by atoms with Crippen molar-refractivity contribution in [1.82, 2.24) is 10.2 Å². The van der Waals surface area contributed by atoms with Gasteiger partial charge in [0.15, 0.2) is 9.84 Å². The van der Waals surface area contributed by atoms with Gasteiger partial charge in [-0.15, -0.1) is 12.4 Å². The van der Waals surface area contributed by atoms with Crippen LogP contribution >= 0.6 is 12.4 Å². The van der Waals surface area contributed by atoms with Crippen molar-refractivity contribution in [3.8, 4) is 0 Å². The van der Waals surface area contributed by atoms with E-state index in [-0.39, 0.29) is 23.9 Å². The fourth-order valence-electron chi connectivity index (χ4n) is 2.78. The molecule has 1 unspecified atom stereocenters. The van der Waals surface area contributed by atoms with Gasteiger partial charge in [0.2, 0.25) is 0 Å². The summed E-state index contributed by atoms with van der Waals surface area (Å²) in [5.74, 6) is -1.22. The Labute approximate surface area is 142 Å². The van der Waals surface area contributed by atoms with E-state index in [1.165, 1.54) is 6.07 Å². The summed E-state index contributed by atoms with van der Waals surface area (Å²) in [6.45, 7) is 4.57. The topological polar surface area (TPSA) is 66.5 Å². The van der Waals surface area contributed by atoms with Crippen molar-refractivity contribution in [2.45, 2.75) is 30.7 Å². The van der Waals surface area contributed by atoms with Crippen molar-refractivity contribution in [3.63, 3.8) is 0 Å². The molecule has 1 aromatic rings. The molecular formula is C15H22ClFN2O3S. The third-order valence-corrected chi connectivity index (χ3v) is 5.11.